The molecule has 1 fully saturated rings. The van der Waals surface area contributed by atoms with Crippen LogP contribution < -0.4 is 10.2 Å². The molecular formula is C19H25N3O. The molecule has 122 valence electrons. The molecule has 2 aromatic rings. The van der Waals surface area contributed by atoms with Crippen LogP contribution in [0.4, 0.5) is 5.69 Å². The summed E-state index contributed by atoms with van der Waals surface area (Å²) < 4.78 is 5.65. The predicted octanol–water partition coefficient (Wildman–Crippen LogP) is 2.64. The fourth-order valence-corrected chi connectivity index (χ4v) is 3.01. The van der Waals surface area contributed by atoms with E-state index in [0.717, 1.165) is 39.2 Å². The van der Waals surface area contributed by atoms with Crippen molar-refractivity contribution in [2.75, 3.05) is 31.1 Å². The Morgan fingerprint density at radius 3 is 3.00 bits per heavy atom. The molecule has 1 saturated heterocycles. The van der Waals surface area contributed by atoms with Crippen LogP contribution in [0.3, 0.4) is 0 Å². The highest BCUT2D eigenvalue weighted by molar-refractivity contribution is 5.54. The van der Waals surface area contributed by atoms with Crippen LogP contribution in [-0.4, -0.2) is 37.3 Å². The Bertz CT molecular complexity index is 603. The molecule has 23 heavy (non-hydrogen) atoms. The first kappa shape index (κ1) is 16.0. The van der Waals surface area contributed by atoms with Crippen molar-refractivity contribution in [1.29, 1.82) is 0 Å². The average Bonchev–Trinajstić information content (AvgIpc) is 2.60. The summed E-state index contributed by atoms with van der Waals surface area (Å²) >= 11 is 0. The lowest BCUT2D eigenvalue weighted by molar-refractivity contribution is 0.0531. The molecule has 1 aliphatic heterocycles. The van der Waals surface area contributed by atoms with Gasteiger partial charge in [0.05, 0.1) is 12.7 Å². The standard InChI is InChI=1S/C19H25N3O/c1-16-15-22(11-12-23-16)19-7-3-2-6-18(19)14-21-10-8-17-5-4-9-20-13-17/h2-7,9,13,16,21H,8,10-12,14-15H2,1H3/t16-/m0/s1. The molecule has 1 N–H and O–H groups in total. The molecule has 0 aliphatic carbocycles. The maximum absolute atomic E-state index is 5.65. The third-order valence-corrected chi connectivity index (χ3v) is 4.20. The van der Waals surface area contributed by atoms with Crippen LogP contribution in [0, 0.1) is 0 Å². The first-order valence-electron chi connectivity index (χ1n) is 8.37. The van der Waals surface area contributed by atoms with Crippen LogP contribution in [0.1, 0.15) is 18.1 Å². The Kier molecular flexibility index (Phi) is 5.61. The number of rotatable bonds is 6. The van der Waals surface area contributed by atoms with Gasteiger partial charge in [0.25, 0.3) is 0 Å². The lowest BCUT2D eigenvalue weighted by Crippen LogP contribution is -2.41. The lowest BCUT2D eigenvalue weighted by atomic mass is 10.1. The number of benzene rings is 1. The second-order valence-corrected chi connectivity index (χ2v) is 6.04. The normalized spacial score (nSPS) is 18.1. The SMILES string of the molecule is C[C@H]1CN(c2ccccc2CNCCc2cccnc2)CCO1. The molecule has 0 bridgehead atoms. The van der Waals surface area contributed by atoms with Gasteiger partial charge in [-0.2, -0.15) is 0 Å². The van der Waals surface area contributed by atoms with E-state index in [4.69, 9.17) is 4.74 Å². The molecule has 3 rings (SSSR count). The summed E-state index contributed by atoms with van der Waals surface area (Å²) in [6.07, 6.45) is 5.06. The van der Waals surface area contributed by atoms with Crippen molar-refractivity contribution in [3.05, 3.63) is 59.9 Å². The highest BCUT2D eigenvalue weighted by Gasteiger charge is 2.18. The Morgan fingerprint density at radius 2 is 2.17 bits per heavy atom. The number of para-hydroxylation sites is 1. The number of ether oxygens (including phenoxy) is 1. The molecule has 0 radical (unpaired) electrons. The quantitative estimate of drug-likeness (QED) is 0.832. The van der Waals surface area contributed by atoms with Gasteiger partial charge in [-0.3, -0.25) is 4.98 Å². The van der Waals surface area contributed by atoms with Gasteiger partial charge in [0.2, 0.25) is 0 Å². The first-order chi connectivity index (χ1) is 11.3. The number of aromatic nitrogens is 1. The molecule has 0 unspecified atom stereocenters. The highest BCUT2D eigenvalue weighted by Crippen LogP contribution is 2.22. The minimum Gasteiger partial charge on any atom is -0.375 e. The summed E-state index contributed by atoms with van der Waals surface area (Å²) in [6, 6.07) is 12.8. The molecule has 0 amide bonds. The molecule has 1 aromatic carbocycles. The van der Waals surface area contributed by atoms with E-state index in [9.17, 15) is 0 Å². The third kappa shape index (κ3) is 4.53. The maximum Gasteiger partial charge on any atom is 0.0722 e. The molecule has 0 spiro atoms. The second-order valence-electron chi connectivity index (χ2n) is 6.04. The van der Waals surface area contributed by atoms with Gasteiger partial charge < -0.3 is 15.0 Å². The van der Waals surface area contributed by atoms with E-state index in [1.807, 2.05) is 18.5 Å². The number of nitrogens with zero attached hydrogens (tertiary/aromatic N) is 2. The van der Waals surface area contributed by atoms with Crippen molar-refractivity contribution in [2.24, 2.45) is 0 Å². The molecule has 1 aromatic heterocycles. The van der Waals surface area contributed by atoms with Crippen LogP contribution in [0.5, 0.6) is 0 Å². The smallest absolute Gasteiger partial charge is 0.0722 e. The number of anilines is 1. The van der Waals surface area contributed by atoms with Crippen molar-refractivity contribution in [2.45, 2.75) is 26.0 Å². The number of hydrogen-bond donors (Lipinski definition) is 1. The largest absolute Gasteiger partial charge is 0.375 e. The molecule has 4 heteroatoms. The van der Waals surface area contributed by atoms with E-state index in [0.29, 0.717) is 6.10 Å². The van der Waals surface area contributed by atoms with Gasteiger partial charge in [0.15, 0.2) is 0 Å². The second kappa shape index (κ2) is 8.09. The summed E-state index contributed by atoms with van der Waals surface area (Å²) in [5.74, 6) is 0. The summed E-state index contributed by atoms with van der Waals surface area (Å²) in [6.45, 7) is 6.73. The monoisotopic (exact) mass is 311 g/mol. The van der Waals surface area contributed by atoms with Crippen molar-refractivity contribution in [3.63, 3.8) is 0 Å². The Morgan fingerprint density at radius 1 is 1.26 bits per heavy atom. The van der Waals surface area contributed by atoms with E-state index in [2.05, 4.69) is 52.5 Å². The minimum atomic E-state index is 0.301. The van der Waals surface area contributed by atoms with Gasteiger partial charge in [0.1, 0.15) is 0 Å². The van der Waals surface area contributed by atoms with E-state index < -0.39 is 0 Å². The summed E-state index contributed by atoms with van der Waals surface area (Å²) in [7, 11) is 0. The van der Waals surface area contributed by atoms with Gasteiger partial charge in [-0.1, -0.05) is 24.3 Å². The highest BCUT2D eigenvalue weighted by atomic mass is 16.5. The third-order valence-electron chi connectivity index (χ3n) is 4.20. The van der Waals surface area contributed by atoms with Crippen LogP contribution in [-0.2, 0) is 17.7 Å². The zero-order valence-corrected chi connectivity index (χ0v) is 13.7. The fourth-order valence-electron chi connectivity index (χ4n) is 3.01. The van der Waals surface area contributed by atoms with E-state index in [1.165, 1.54) is 16.8 Å². The average molecular weight is 311 g/mol. The van der Waals surface area contributed by atoms with Crippen molar-refractivity contribution in [1.82, 2.24) is 10.3 Å². The Balaban J connectivity index is 1.55. The predicted molar refractivity (Wildman–Crippen MR) is 93.7 cm³/mol. The van der Waals surface area contributed by atoms with Crippen LogP contribution in [0.25, 0.3) is 0 Å². The molecule has 4 nitrogen and oxygen atoms in total. The molecule has 2 heterocycles. The van der Waals surface area contributed by atoms with Gasteiger partial charge >= 0.3 is 0 Å². The number of nitrogens with one attached hydrogen (secondary N) is 1. The Hall–Kier alpha value is -1.91. The van der Waals surface area contributed by atoms with Crippen LogP contribution >= 0.6 is 0 Å². The van der Waals surface area contributed by atoms with E-state index in [1.54, 1.807) is 0 Å². The first-order valence-corrected chi connectivity index (χ1v) is 8.37. The van der Waals surface area contributed by atoms with Crippen molar-refractivity contribution < 1.29 is 4.74 Å². The maximum atomic E-state index is 5.65. The minimum absolute atomic E-state index is 0.301. The van der Waals surface area contributed by atoms with E-state index >= 15 is 0 Å². The van der Waals surface area contributed by atoms with Crippen LogP contribution in [0.15, 0.2) is 48.8 Å². The van der Waals surface area contributed by atoms with E-state index in [-0.39, 0.29) is 0 Å². The molecule has 1 atom stereocenters. The number of pyridine rings is 1. The number of morpholine rings is 1. The summed E-state index contributed by atoms with van der Waals surface area (Å²) in [5, 5.41) is 3.56. The zero-order valence-electron chi connectivity index (χ0n) is 13.7. The lowest BCUT2D eigenvalue weighted by Gasteiger charge is -2.34. The Labute approximate surface area is 138 Å². The summed E-state index contributed by atoms with van der Waals surface area (Å²) in [5.41, 5.74) is 3.96. The van der Waals surface area contributed by atoms with Crippen LogP contribution in [0.2, 0.25) is 0 Å². The van der Waals surface area contributed by atoms with Gasteiger partial charge in [-0.15, -0.1) is 0 Å². The van der Waals surface area contributed by atoms with Gasteiger partial charge in [0, 0.05) is 37.7 Å². The zero-order chi connectivity index (χ0) is 15.9. The molecule has 1 aliphatic rings. The summed E-state index contributed by atoms with van der Waals surface area (Å²) in [4.78, 5) is 6.59. The van der Waals surface area contributed by atoms with Crippen molar-refractivity contribution >= 4 is 5.69 Å². The topological polar surface area (TPSA) is 37.4 Å². The van der Waals surface area contributed by atoms with Crippen molar-refractivity contribution in [3.8, 4) is 0 Å². The molecule has 0 saturated carbocycles. The number of hydrogen-bond acceptors (Lipinski definition) is 4. The fraction of sp³-hybridized carbons (Fsp3) is 0.421. The van der Waals surface area contributed by atoms with Gasteiger partial charge in [-0.25, -0.2) is 0 Å². The van der Waals surface area contributed by atoms with Gasteiger partial charge in [-0.05, 0) is 43.1 Å². The molecular weight excluding hydrogens is 286 g/mol.